The molecule has 0 fully saturated rings. The number of benzene rings is 3. The Labute approximate surface area is 206 Å². The molecule has 0 aliphatic rings. The summed E-state index contributed by atoms with van der Waals surface area (Å²) in [5.41, 5.74) is 3.32. The lowest BCUT2D eigenvalue weighted by molar-refractivity contribution is 0.0918. The van der Waals surface area contributed by atoms with Crippen molar-refractivity contribution >= 4 is 5.91 Å². The number of nitrogens with zero attached hydrogens (tertiary/aromatic N) is 1. The molecule has 6 nitrogen and oxygen atoms in total. The molecule has 1 N–H and O–H groups in total. The molecular weight excluding hydrogens is 440 g/mol. The van der Waals surface area contributed by atoms with Gasteiger partial charge in [-0.25, -0.2) is 0 Å². The Hall–Kier alpha value is -4.03. The van der Waals surface area contributed by atoms with Crippen LogP contribution < -0.4 is 14.8 Å². The minimum absolute atomic E-state index is 0.227. The van der Waals surface area contributed by atoms with E-state index in [0.29, 0.717) is 36.9 Å². The van der Waals surface area contributed by atoms with E-state index in [9.17, 15) is 4.79 Å². The highest BCUT2D eigenvalue weighted by Crippen LogP contribution is 2.28. The first-order valence-electron chi connectivity index (χ1n) is 11.5. The van der Waals surface area contributed by atoms with Crippen LogP contribution in [0.3, 0.4) is 0 Å². The van der Waals surface area contributed by atoms with Crippen LogP contribution in [0.1, 0.15) is 33.0 Å². The van der Waals surface area contributed by atoms with Gasteiger partial charge in [0.25, 0.3) is 5.91 Å². The predicted molar refractivity (Wildman–Crippen MR) is 135 cm³/mol. The second-order valence-corrected chi connectivity index (χ2v) is 8.25. The highest BCUT2D eigenvalue weighted by molar-refractivity contribution is 5.91. The molecule has 3 aromatic carbocycles. The van der Waals surface area contributed by atoms with Crippen LogP contribution >= 0.6 is 0 Å². The van der Waals surface area contributed by atoms with Crippen LogP contribution in [0.4, 0.5) is 0 Å². The summed E-state index contributed by atoms with van der Waals surface area (Å²) in [6.07, 6.45) is 0. The average Bonchev–Trinajstić information content (AvgIpc) is 3.37. The minimum atomic E-state index is -0.227. The Morgan fingerprint density at radius 2 is 1.40 bits per heavy atom. The van der Waals surface area contributed by atoms with Gasteiger partial charge in [-0.2, -0.15) is 0 Å². The fraction of sp³-hybridized carbons (Fsp3) is 0.207. The van der Waals surface area contributed by atoms with E-state index < -0.39 is 0 Å². The number of furan rings is 1. The summed E-state index contributed by atoms with van der Waals surface area (Å²) in [7, 11) is 3.26. The minimum Gasteiger partial charge on any atom is -0.493 e. The Morgan fingerprint density at radius 1 is 0.743 bits per heavy atom. The molecule has 0 saturated heterocycles. The third kappa shape index (κ3) is 6.74. The first kappa shape index (κ1) is 24.1. The molecule has 1 heterocycles. The summed E-state index contributed by atoms with van der Waals surface area (Å²) in [6, 6.07) is 29.6. The monoisotopic (exact) mass is 470 g/mol. The van der Waals surface area contributed by atoms with Crippen molar-refractivity contribution < 1.29 is 18.7 Å². The van der Waals surface area contributed by atoms with Crippen molar-refractivity contribution in [3.63, 3.8) is 0 Å². The number of carbonyl (C=O) groups is 1. The Balaban J connectivity index is 1.46. The van der Waals surface area contributed by atoms with Gasteiger partial charge in [-0.15, -0.1) is 0 Å². The number of methoxy groups -OCH3 is 2. The van der Waals surface area contributed by atoms with Gasteiger partial charge in [-0.05, 0) is 41.0 Å². The van der Waals surface area contributed by atoms with E-state index >= 15 is 0 Å². The predicted octanol–water partition coefficient (Wildman–Crippen LogP) is 5.43. The first-order valence-corrected chi connectivity index (χ1v) is 11.5. The average molecular weight is 471 g/mol. The topological polar surface area (TPSA) is 63.9 Å². The normalized spacial score (nSPS) is 10.8. The number of hydrogen-bond acceptors (Lipinski definition) is 5. The molecule has 4 rings (SSSR count). The fourth-order valence-corrected chi connectivity index (χ4v) is 3.92. The molecule has 4 aromatic rings. The number of hydrogen-bond donors (Lipinski definition) is 1. The molecule has 1 amide bonds. The highest BCUT2D eigenvalue weighted by Gasteiger charge is 2.15. The summed E-state index contributed by atoms with van der Waals surface area (Å²) in [6.45, 7) is 2.40. The van der Waals surface area contributed by atoms with Crippen LogP contribution in [0.15, 0.2) is 95.4 Å². The summed E-state index contributed by atoms with van der Waals surface area (Å²) < 4.78 is 16.8. The molecule has 0 spiro atoms. The maximum Gasteiger partial charge on any atom is 0.287 e. The molecule has 0 unspecified atom stereocenters. The molecule has 0 aliphatic heterocycles. The number of rotatable bonds is 11. The zero-order valence-corrected chi connectivity index (χ0v) is 20.1. The zero-order chi connectivity index (χ0) is 24.5. The quantitative estimate of drug-likeness (QED) is 0.317. The second-order valence-electron chi connectivity index (χ2n) is 8.25. The third-order valence-electron chi connectivity index (χ3n) is 5.66. The van der Waals surface area contributed by atoms with Gasteiger partial charge in [0.15, 0.2) is 17.3 Å². The number of carbonyl (C=O) groups excluding carboxylic acids is 1. The molecule has 180 valence electrons. The van der Waals surface area contributed by atoms with E-state index in [-0.39, 0.29) is 5.91 Å². The molecule has 0 aliphatic carbocycles. The van der Waals surface area contributed by atoms with Crippen molar-refractivity contribution in [3.8, 4) is 11.5 Å². The van der Waals surface area contributed by atoms with Crippen molar-refractivity contribution in [2.75, 3.05) is 14.2 Å². The van der Waals surface area contributed by atoms with E-state index in [1.807, 2.05) is 72.8 Å². The zero-order valence-electron chi connectivity index (χ0n) is 20.1. The van der Waals surface area contributed by atoms with Gasteiger partial charge in [-0.3, -0.25) is 9.69 Å². The summed E-state index contributed by atoms with van der Waals surface area (Å²) in [5.74, 6) is 2.20. The first-order chi connectivity index (χ1) is 17.1. The van der Waals surface area contributed by atoms with Crippen molar-refractivity contribution in [3.05, 3.63) is 119 Å². The van der Waals surface area contributed by atoms with Crippen molar-refractivity contribution in [1.82, 2.24) is 10.2 Å². The highest BCUT2D eigenvalue weighted by atomic mass is 16.5. The lowest BCUT2D eigenvalue weighted by Gasteiger charge is -2.22. The largest absolute Gasteiger partial charge is 0.493 e. The van der Waals surface area contributed by atoms with Crippen LogP contribution in [0.5, 0.6) is 11.5 Å². The Bertz CT molecular complexity index is 1220. The van der Waals surface area contributed by atoms with Crippen LogP contribution in [0.2, 0.25) is 0 Å². The van der Waals surface area contributed by atoms with Crippen LogP contribution in [-0.4, -0.2) is 25.0 Å². The van der Waals surface area contributed by atoms with Crippen LogP contribution in [-0.2, 0) is 26.2 Å². The van der Waals surface area contributed by atoms with E-state index in [4.69, 9.17) is 13.9 Å². The molecule has 1 aromatic heterocycles. The molecule has 0 radical (unpaired) electrons. The van der Waals surface area contributed by atoms with Gasteiger partial charge in [0.2, 0.25) is 0 Å². The summed E-state index contributed by atoms with van der Waals surface area (Å²) in [4.78, 5) is 14.9. The number of ether oxygens (including phenoxy) is 2. The van der Waals surface area contributed by atoms with Gasteiger partial charge in [0, 0.05) is 19.6 Å². The molecule has 0 bridgehead atoms. The lowest BCUT2D eigenvalue weighted by Crippen LogP contribution is -2.23. The van der Waals surface area contributed by atoms with E-state index in [1.165, 1.54) is 5.56 Å². The summed E-state index contributed by atoms with van der Waals surface area (Å²) in [5, 5.41) is 2.91. The Kier molecular flexibility index (Phi) is 8.20. The molecule has 35 heavy (non-hydrogen) atoms. The molecule has 0 atom stereocenters. The van der Waals surface area contributed by atoms with E-state index in [0.717, 1.165) is 23.4 Å². The van der Waals surface area contributed by atoms with Gasteiger partial charge in [0.1, 0.15) is 5.76 Å². The van der Waals surface area contributed by atoms with Gasteiger partial charge in [0.05, 0.1) is 20.8 Å². The maximum atomic E-state index is 12.6. The van der Waals surface area contributed by atoms with E-state index in [2.05, 4.69) is 22.3 Å². The third-order valence-corrected chi connectivity index (χ3v) is 5.66. The van der Waals surface area contributed by atoms with Crippen molar-refractivity contribution in [2.45, 2.75) is 26.2 Å². The smallest absolute Gasteiger partial charge is 0.287 e. The molecule has 6 heteroatoms. The second kappa shape index (κ2) is 11.9. The number of amides is 1. The fourth-order valence-electron chi connectivity index (χ4n) is 3.92. The standard InChI is InChI=1S/C29H30N2O4/c1-33-26-15-13-24(17-28(26)34-2)20-31(19-23-11-7-4-8-12-23)21-25-14-16-27(35-25)29(32)30-18-22-9-5-3-6-10-22/h3-17H,18-21H2,1-2H3,(H,30,32). The SMILES string of the molecule is COc1ccc(CN(Cc2ccccc2)Cc2ccc(C(=O)NCc3ccccc3)o2)cc1OC. The number of nitrogens with one attached hydrogen (secondary N) is 1. The lowest BCUT2D eigenvalue weighted by atomic mass is 10.1. The van der Waals surface area contributed by atoms with E-state index in [1.54, 1.807) is 20.3 Å². The van der Waals surface area contributed by atoms with Crippen LogP contribution in [0.25, 0.3) is 0 Å². The Morgan fingerprint density at radius 3 is 2.09 bits per heavy atom. The van der Waals surface area contributed by atoms with Gasteiger partial charge >= 0.3 is 0 Å². The summed E-state index contributed by atoms with van der Waals surface area (Å²) >= 11 is 0. The maximum absolute atomic E-state index is 12.6. The van der Waals surface area contributed by atoms with Gasteiger partial charge < -0.3 is 19.2 Å². The van der Waals surface area contributed by atoms with Crippen molar-refractivity contribution in [1.29, 1.82) is 0 Å². The molecular formula is C29H30N2O4. The van der Waals surface area contributed by atoms with Gasteiger partial charge in [-0.1, -0.05) is 66.7 Å². The molecule has 0 saturated carbocycles. The van der Waals surface area contributed by atoms with Crippen molar-refractivity contribution in [2.24, 2.45) is 0 Å². The van der Waals surface area contributed by atoms with Crippen LogP contribution in [0, 0.1) is 0 Å².